The van der Waals surface area contributed by atoms with Gasteiger partial charge in [-0.15, -0.1) is 0 Å². The number of methoxy groups -OCH3 is 1. The second-order valence-electron chi connectivity index (χ2n) is 6.98. The van der Waals surface area contributed by atoms with Crippen LogP contribution in [0.25, 0.3) is 22.2 Å². The second-order valence-corrected chi connectivity index (χ2v) is 6.98. The highest BCUT2D eigenvalue weighted by Crippen LogP contribution is 2.31. The van der Waals surface area contributed by atoms with E-state index in [9.17, 15) is 4.79 Å². The highest BCUT2D eigenvalue weighted by Gasteiger charge is 2.31. The summed E-state index contributed by atoms with van der Waals surface area (Å²) in [6.45, 7) is 7.99. The number of ether oxygens (including phenoxy) is 1. The van der Waals surface area contributed by atoms with Gasteiger partial charge in [0.25, 0.3) is 0 Å². The standard InChI is InChI=1S/C21H23NO2/c1-13-8-14(2)10-15(9-13)19-12-16-11-17(6-7-18(16)22-19)21(3,4)20(23)24-5/h6-12,22H,1-5H3. The predicted octanol–water partition coefficient (Wildman–Crippen LogP) is 4.90. The summed E-state index contributed by atoms with van der Waals surface area (Å²) in [5.74, 6) is -0.230. The molecule has 0 spiro atoms. The van der Waals surface area contributed by atoms with Crippen molar-refractivity contribution in [1.29, 1.82) is 0 Å². The molecule has 0 atom stereocenters. The average molecular weight is 321 g/mol. The number of H-pyrrole nitrogens is 1. The predicted molar refractivity (Wildman–Crippen MR) is 98.3 cm³/mol. The van der Waals surface area contributed by atoms with Gasteiger partial charge < -0.3 is 9.72 Å². The van der Waals surface area contributed by atoms with Crippen LogP contribution in [0.3, 0.4) is 0 Å². The first-order chi connectivity index (χ1) is 11.3. The number of hydrogen-bond acceptors (Lipinski definition) is 2. The van der Waals surface area contributed by atoms with E-state index in [1.165, 1.54) is 23.8 Å². The number of benzene rings is 2. The molecule has 24 heavy (non-hydrogen) atoms. The molecule has 3 rings (SSSR count). The van der Waals surface area contributed by atoms with Gasteiger partial charge in [0, 0.05) is 16.6 Å². The van der Waals surface area contributed by atoms with Crippen LogP contribution in [-0.4, -0.2) is 18.1 Å². The maximum Gasteiger partial charge on any atom is 0.315 e. The summed E-state index contributed by atoms with van der Waals surface area (Å²) in [6, 6.07) is 14.7. The maximum absolute atomic E-state index is 12.0. The molecule has 1 N–H and O–H groups in total. The lowest BCUT2D eigenvalue weighted by Gasteiger charge is -2.21. The Morgan fingerprint density at radius 2 is 1.67 bits per heavy atom. The first-order valence-electron chi connectivity index (χ1n) is 8.11. The third-order valence-electron chi connectivity index (χ3n) is 4.57. The molecule has 1 heterocycles. The van der Waals surface area contributed by atoms with Crippen LogP contribution in [-0.2, 0) is 14.9 Å². The van der Waals surface area contributed by atoms with Crippen LogP contribution < -0.4 is 0 Å². The topological polar surface area (TPSA) is 42.1 Å². The van der Waals surface area contributed by atoms with E-state index >= 15 is 0 Å². The Bertz CT molecular complexity index is 898. The van der Waals surface area contributed by atoms with Gasteiger partial charge in [0.05, 0.1) is 12.5 Å². The van der Waals surface area contributed by atoms with Gasteiger partial charge in [0.1, 0.15) is 0 Å². The quantitative estimate of drug-likeness (QED) is 0.697. The number of esters is 1. The molecular formula is C21H23NO2. The lowest BCUT2D eigenvalue weighted by Crippen LogP contribution is -2.30. The number of carbonyl (C=O) groups excluding carboxylic acids is 1. The van der Waals surface area contributed by atoms with Gasteiger partial charge in [-0.2, -0.15) is 0 Å². The fraction of sp³-hybridized carbons (Fsp3) is 0.286. The first kappa shape index (κ1) is 16.3. The Morgan fingerprint density at radius 1 is 1.00 bits per heavy atom. The Kier molecular flexibility index (Phi) is 3.96. The van der Waals surface area contributed by atoms with Gasteiger partial charge in [-0.3, -0.25) is 4.79 Å². The van der Waals surface area contributed by atoms with E-state index in [1.54, 1.807) is 0 Å². The Morgan fingerprint density at radius 3 is 2.29 bits per heavy atom. The van der Waals surface area contributed by atoms with Crippen molar-refractivity contribution in [3.63, 3.8) is 0 Å². The number of hydrogen-bond donors (Lipinski definition) is 1. The minimum Gasteiger partial charge on any atom is -0.468 e. The van der Waals surface area contributed by atoms with E-state index in [4.69, 9.17) is 4.74 Å². The number of rotatable bonds is 3. The molecular weight excluding hydrogens is 298 g/mol. The van der Waals surface area contributed by atoms with Crippen molar-refractivity contribution >= 4 is 16.9 Å². The van der Waals surface area contributed by atoms with E-state index < -0.39 is 5.41 Å². The smallest absolute Gasteiger partial charge is 0.315 e. The number of fused-ring (bicyclic) bond motifs is 1. The molecule has 3 aromatic rings. The number of aromatic nitrogens is 1. The van der Waals surface area contributed by atoms with Crippen molar-refractivity contribution in [2.75, 3.05) is 7.11 Å². The number of carbonyl (C=O) groups is 1. The lowest BCUT2D eigenvalue weighted by atomic mass is 9.84. The summed E-state index contributed by atoms with van der Waals surface area (Å²) >= 11 is 0. The number of nitrogens with one attached hydrogen (secondary N) is 1. The van der Waals surface area contributed by atoms with Gasteiger partial charge in [-0.05, 0) is 69.2 Å². The van der Waals surface area contributed by atoms with E-state index in [-0.39, 0.29) is 5.97 Å². The molecule has 0 aliphatic rings. The molecule has 0 bridgehead atoms. The van der Waals surface area contributed by atoms with Crippen molar-refractivity contribution in [1.82, 2.24) is 4.98 Å². The fourth-order valence-corrected chi connectivity index (χ4v) is 3.18. The summed E-state index contributed by atoms with van der Waals surface area (Å²) in [6.07, 6.45) is 0. The minimum absolute atomic E-state index is 0.230. The number of aromatic amines is 1. The third-order valence-corrected chi connectivity index (χ3v) is 4.57. The summed E-state index contributed by atoms with van der Waals surface area (Å²) in [4.78, 5) is 15.5. The van der Waals surface area contributed by atoms with E-state index in [0.717, 1.165) is 22.2 Å². The van der Waals surface area contributed by atoms with Crippen LogP contribution in [0.5, 0.6) is 0 Å². The van der Waals surface area contributed by atoms with Gasteiger partial charge in [-0.1, -0.05) is 23.3 Å². The van der Waals surface area contributed by atoms with Gasteiger partial charge in [-0.25, -0.2) is 0 Å². The Balaban J connectivity index is 2.08. The first-order valence-corrected chi connectivity index (χ1v) is 8.11. The molecule has 3 heteroatoms. The minimum atomic E-state index is -0.666. The number of aryl methyl sites for hydroxylation is 2. The van der Waals surface area contributed by atoms with Crippen LogP contribution in [0.1, 0.15) is 30.5 Å². The van der Waals surface area contributed by atoms with E-state index in [1.807, 2.05) is 26.0 Å². The molecule has 0 amide bonds. The van der Waals surface area contributed by atoms with Crippen LogP contribution in [0.2, 0.25) is 0 Å². The normalized spacial score (nSPS) is 11.7. The lowest BCUT2D eigenvalue weighted by molar-refractivity contribution is -0.146. The molecule has 0 unspecified atom stereocenters. The monoisotopic (exact) mass is 321 g/mol. The van der Waals surface area contributed by atoms with Crippen LogP contribution in [0.15, 0.2) is 42.5 Å². The van der Waals surface area contributed by atoms with Gasteiger partial charge in [0.2, 0.25) is 0 Å². The molecule has 0 radical (unpaired) electrons. The highest BCUT2D eigenvalue weighted by atomic mass is 16.5. The van der Waals surface area contributed by atoms with Gasteiger partial charge in [0.15, 0.2) is 0 Å². The van der Waals surface area contributed by atoms with Crippen molar-refractivity contribution in [2.45, 2.75) is 33.1 Å². The highest BCUT2D eigenvalue weighted by molar-refractivity contribution is 5.89. The molecule has 2 aromatic carbocycles. The van der Waals surface area contributed by atoms with Crippen LogP contribution in [0.4, 0.5) is 0 Å². The molecule has 1 aromatic heterocycles. The largest absolute Gasteiger partial charge is 0.468 e. The zero-order chi connectivity index (χ0) is 17.5. The zero-order valence-electron chi connectivity index (χ0n) is 14.9. The van der Waals surface area contributed by atoms with Crippen LogP contribution in [0, 0.1) is 13.8 Å². The molecule has 0 aliphatic heterocycles. The average Bonchev–Trinajstić information content (AvgIpc) is 2.96. The second kappa shape index (κ2) is 5.82. The van der Waals surface area contributed by atoms with Crippen LogP contribution >= 0.6 is 0 Å². The van der Waals surface area contributed by atoms with Crippen molar-refractivity contribution in [2.24, 2.45) is 0 Å². The molecule has 0 saturated carbocycles. The summed E-state index contributed by atoms with van der Waals surface area (Å²) in [5.41, 5.74) is 6.11. The molecule has 0 saturated heterocycles. The van der Waals surface area contributed by atoms with Gasteiger partial charge >= 0.3 is 5.97 Å². The third kappa shape index (κ3) is 2.82. The van der Waals surface area contributed by atoms with Crippen molar-refractivity contribution in [3.8, 4) is 11.3 Å². The van der Waals surface area contributed by atoms with Crippen molar-refractivity contribution in [3.05, 3.63) is 59.2 Å². The van der Waals surface area contributed by atoms with Crippen molar-refractivity contribution < 1.29 is 9.53 Å². The molecule has 0 aliphatic carbocycles. The SMILES string of the molecule is COC(=O)C(C)(C)c1ccc2[nH]c(-c3cc(C)cc(C)c3)cc2c1. The molecule has 3 nitrogen and oxygen atoms in total. The van der Waals surface area contributed by atoms with E-state index in [0.29, 0.717) is 0 Å². The molecule has 124 valence electrons. The fourth-order valence-electron chi connectivity index (χ4n) is 3.18. The Labute approximate surface area is 142 Å². The Hall–Kier alpha value is -2.55. The zero-order valence-corrected chi connectivity index (χ0v) is 14.9. The summed E-state index contributed by atoms with van der Waals surface area (Å²) < 4.78 is 4.94. The van der Waals surface area contributed by atoms with E-state index in [2.05, 4.69) is 49.2 Å². The summed E-state index contributed by atoms with van der Waals surface area (Å²) in [5, 5.41) is 1.10. The molecule has 0 fully saturated rings. The maximum atomic E-state index is 12.0. The summed E-state index contributed by atoms with van der Waals surface area (Å²) in [7, 11) is 1.43.